The molecule has 3 rings (SSSR count). The molecule has 35 heavy (non-hydrogen) atoms. The number of hydrogen-bond donors (Lipinski definition) is 0. The number of nitrogens with zero attached hydrogens (tertiary/aromatic N) is 1. The third-order valence-corrected chi connectivity index (χ3v) is 7.53. The Hall–Kier alpha value is -2.24. The Bertz CT molecular complexity index is 983. The molecule has 1 atom stereocenters. The second kappa shape index (κ2) is 13.7. The fraction of sp³-hybridized carbons (Fsp3) is 0.533. The minimum absolute atomic E-state index is 0.314. The average molecular weight is 496 g/mol. The fourth-order valence-electron chi connectivity index (χ4n) is 5.05. The van der Waals surface area contributed by atoms with E-state index in [1.165, 1.54) is 51.2 Å². The molecule has 0 spiro atoms. The van der Waals surface area contributed by atoms with Gasteiger partial charge in [-0.25, -0.2) is 4.79 Å². The van der Waals surface area contributed by atoms with Crippen LogP contribution in [0.25, 0.3) is 11.1 Å². The number of rotatable bonds is 11. The van der Waals surface area contributed by atoms with Crippen LogP contribution in [0.2, 0.25) is 0 Å². The quantitative estimate of drug-likeness (QED) is 0.240. The second-order valence-electron chi connectivity index (χ2n) is 9.93. The van der Waals surface area contributed by atoms with Crippen molar-refractivity contribution in [3.8, 4) is 11.1 Å². The van der Waals surface area contributed by atoms with E-state index >= 15 is 0 Å². The smallest absolute Gasteiger partial charge is 0.339 e. The molecule has 5 heteroatoms. The zero-order valence-electron chi connectivity index (χ0n) is 21.8. The number of thiocarbonyl (C=S) groups is 1. The molecule has 190 valence electrons. The Kier molecular flexibility index (Phi) is 10.7. The van der Waals surface area contributed by atoms with E-state index < -0.39 is 6.10 Å². The third-order valence-electron chi connectivity index (χ3n) is 7.10. The maximum Gasteiger partial charge on any atom is 0.339 e. The van der Waals surface area contributed by atoms with Crippen molar-refractivity contribution in [2.24, 2.45) is 5.92 Å². The Morgan fingerprint density at radius 3 is 2.54 bits per heavy atom. The van der Waals surface area contributed by atoms with Gasteiger partial charge in [0.15, 0.2) is 6.10 Å². The molecule has 1 unspecified atom stereocenters. The summed E-state index contributed by atoms with van der Waals surface area (Å²) in [6.07, 6.45) is 9.17. The van der Waals surface area contributed by atoms with Gasteiger partial charge in [-0.05, 0) is 85.9 Å². The van der Waals surface area contributed by atoms with E-state index in [1.807, 2.05) is 25.1 Å². The van der Waals surface area contributed by atoms with Gasteiger partial charge < -0.3 is 14.4 Å². The van der Waals surface area contributed by atoms with Crippen molar-refractivity contribution in [1.29, 1.82) is 0 Å². The Morgan fingerprint density at radius 1 is 1.11 bits per heavy atom. The van der Waals surface area contributed by atoms with Gasteiger partial charge in [0.05, 0.1) is 12.7 Å². The van der Waals surface area contributed by atoms with Gasteiger partial charge in [0.1, 0.15) is 0 Å². The Morgan fingerprint density at radius 2 is 1.86 bits per heavy atom. The number of ether oxygens (including phenoxy) is 2. The highest BCUT2D eigenvalue weighted by molar-refractivity contribution is 7.80. The number of aryl methyl sites for hydroxylation is 1. The predicted molar refractivity (Wildman–Crippen MR) is 148 cm³/mol. The summed E-state index contributed by atoms with van der Waals surface area (Å²) in [6, 6.07) is 14.3. The topological polar surface area (TPSA) is 38.8 Å². The molecule has 1 fully saturated rings. The standard InChI is InChI=1S/C30H41NO3S/c1-5-11-28(30(35)33-4)34-29(32)26-17-16-24(20-27(26)25-15-10-9-12-22(25)2)21-31(3)19-18-23-13-7-6-8-14-23/h9-10,12,15-17,20,23,28H,5-8,11,13-14,18-19,21H2,1-4H3. The van der Waals surface area contributed by atoms with E-state index in [2.05, 4.69) is 43.1 Å². The van der Waals surface area contributed by atoms with Crippen LogP contribution in [0.1, 0.15) is 79.8 Å². The summed E-state index contributed by atoms with van der Waals surface area (Å²) >= 11 is 5.29. The van der Waals surface area contributed by atoms with Crippen LogP contribution in [0.5, 0.6) is 0 Å². The highest BCUT2D eigenvalue weighted by Crippen LogP contribution is 2.30. The summed E-state index contributed by atoms with van der Waals surface area (Å²) in [7, 11) is 3.72. The van der Waals surface area contributed by atoms with Gasteiger partial charge in [-0.2, -0.15) is 0 Å². The predicted octanol–water partition coefficient (Wildman–Crippen LogP) is 7.36. The zero-order valence-corrected chi connectivity index (χ0v) is 22.7. The molecule has 4 nitrogen and oxygen atoms in total. The maximum absolute atomic E-state index is 13.3. The summed E-state index contributed by atoms with van der Waals surface area (Å²) in [6.45, 7) is 6.07. The largest absolute Gasteiger partial charge is 0.487 e. The third kappa shape index (κ3) is 7.88. The van der Waals surface area contributed by atoms with Crippen molar-refractivity contribution in [2.45, 2.75) is 77.9 Å². The molecule has 0 amide bonds. The highest BCUT2D eigenvalue weighted by Gasteiger charge is 2.23. The first-order valence-electron chi connectivity index (χ1n) is 13.1. The number of carbonyl (C=O) groups is 1. The molecule has 0 bridgehead atoms. The van der Waals surface area contributed by atoms with Crippen LogP contribution in [-0.4, -0.2) is 42.7 Å². The number of benzene rings is 2. The molecule has 0 heterocycles. The molecule has 1 saturated carbocycles. The molecule has 0 N–H and O–H groups in total. The van der Waals surface area contributed by atoms with E-state index in [9.17, 15) is 4.79 Å². The fourth-order valence-corrected chi connectivity index (χ4v) is 5.21. The van der Waals surface area contributed by atoms with Crippen molar-refractivity contribution in [3.05, 3.63) is 59.2 Å². The molecule has 0 saturated heterocycles. The molecular formula is C30H41NO3S. The first-order chi connectivity index (χ1) is 16.9. The molecular weight excluding hydrogens is 454 g/mol. The first kappa shape index (κ1) is 27.3. The Balaban J connectivity index is 1.81. The summed E-state index contributed by atoms with van der Waals surface area (Å²) in [5.74, 6) is 0.512. The van der Waals surface area contributed by atoms with Crippen LogP contribution in [0.15, 0.2) is 42.5 Å². The lowest BCUT2D eigenvalue weighted by Crippen LogP contribution is -2.27. The zero-order chi connectivity index (χ0) is 25.2. The van der Waals surface area contributed by atoms with E-state index in [-0.39, 0.29) is 5.97 Å². The van der Waals surface area contributed by atoms with Crippen LogP contribution >= 0.6 is 12.2 Å². The van der Waals surface area contributed by atoms with Gasteiger partial charge in [-0.3, -0.25) is 0 Å². The monoisotopic (exact) mass is 495 g/mol. The van der Waals surface area contributed by atoms with Crippen LogP contribution < -0.4 is 0 Å². The van der Waals surface area contributed by atoms with Crippen LogP contribution in [-0.2, 0) is 16.0 Å². The molecule has 0 aromatic heterocycles. The highest BCUT2D eigenvalue weighted by atomic mass is 32.1. The molecule has 0 aliphatic heterocycles. The summed E-state index contributed by atoms with van der Waals surface area (Å²) in [5.41, 5.74) is 4.84. The maximum atomic E-state index is 13.3. The van der Waals surface area contributed by atoms with Gasteiger partial charge >= 0.3 is 5.97 Å². The average Bonchev–Trinajstić information content (AvgIpc) is 2.87. The van der Waals surface area contributed by atoms with Crippen molar-refractivity contribution in [2.75, 3.05) is 20.7 Å². The van der Waals surface area contributed by atoms with E-state index in [0.29, 0.717) is 17.0 Å². The lowest BCUT2D eigenvalue weighted by Gasteiger charge is -2.25. The van der Waals surface area contributed by atoms with E-state index in [4.69, 9.17) is 21.7 Å². The van der Waals surface area contributed by atoms with E-state index in [0.717, 1.165) is 42.1 Å². The van der Waals surface area contributed by atoms with Gasteiger partial charge in [0, 0.05) is 6.54 Å². The van der Waals surface area contributed by atoms with Crippen molar-refractivity contribution in [1.82, 2.24) is 4.90 Å². The van der Waals surface area contributed by atoms with Gasteiger partial charge in [0.25, 0.3) is 0 Å². The number of hydrogen-bond acceptors (Lipinski definition) is 5. The van der Waals surface area contributed by atoms with Gasteiger partial charge in [-0.15, -0.1) is 0 Å². The minimum Gasteiger partial charge on any atom is -0.487 e. The van der Waals surface area contributed by atoms with Crippen LogP contribution in [0.4, 0.5) is 0 Å². The lowest BCUT2D eigenvalue weighted by atomic mass is 9.87. The van der Waals surface area contributed by atoms with Crippen molar-refractivity contribution in [3.63, 3.8) is 0 Å². The molecule has 1 aliphatic rings. The van der Waals surface area contributed by atoms with Gasteiger partial charge in [0.2, 0.25) is 5.05 Å². The summed E-state index contributed by atoms with van der Waals surface area (Å²) in [4.78, 5) is 15.7. The molecule has 0 radical (unpaired) electrons. The van der Waals surface area contributed by atoms with Gasteiger partial charge in [-0.1, -0.05) is 75.8 Å². The van der Waals surface area contributed by atoms with Crippen LogP contribution in [0.3, 0.4) is 0 Å². The normalized spacial score (nSPS) is 15.1. The van der Waals surface area contributed by atoms with E-state index in [1.54, 1.807) is 0 Å². The molecule has 1 aliphatic carbocycles. The summed E-state index contributed by atoms with van der Waals surface area (Å²) < 4.78 is 11.1. The molecule has 2 aromatic rings. The lowest BCUT2D eigenvalue weighted by molar-refractivity contribution is 0.0384. The van der Waals surface area contributed by atoms with Crippen molar-refractivity contribution < 1.29 is 14.3 Å². The Labute approximate surface area is 217 Å². The number of methoxy groups -OCH3 is 1. The number of esters is 1. The number of carbonyl (C=O) groups excluding carboxylic acids is 1. The second-order valence-corrected chi connectivity index (χ2v) is 10.3. The molecule has 2 aromatic carbocycles. The SMILES string of the molecule is CCCC(OC(=O)c1ccc(CN(C)CCC2CCCCC2)cc1-c1ccccc1C)C(=S)OC. The first-order valence-corrected chi connectivity index (χ1v) is 13.5. The van der Waals surface area contributed by atoms with Crippen LogP contribution in [0, 0.1) is 12.8 Å². The minimum atomic E-state index is -0.525. The summed E-state index contributed by atoms with van der Waals surface area (Å²) in [5, 5.41) is 0.314. The van der Waals surface area contributed by atoms with Crippen molar-refractivity contribution >= 4 is 23.2 Å².